The summed E-state index contributed by atoms with van der Waals surface area (Å²) >= 11 is 0. The molecule has 6 heteroatoms. The van der Waals surface area contributed by atoms with Gasteiger partial charge in [0.15, 0.2) is 0 Å². The Balaban J connectivity index is 0.00000220. The van der Waals surface area contributed by atoms with Crippen molar-refractivity contribution < 1.29 is 65.6 Å². The third kappa shape index (κ3) is 6.54. The summed E-state index contributed by atoms with van der Waals surface area (Å²) in [5.41, 5.74) is 1.09. The Bertz CT molecular complexity index is 412. The molecule has 1 aliphatic heterocycles. The molecule has 0 saturated carbocycles. The van der Waals surface area contributed by atoms with Crippen molar-refractivity contribution in [3.63, 3.8) is 0 Å². The Hall–Kier alpha value is 0.336. The van der Waals surface area contributed by atoms with E-state index < -0.39 is 0 Å². The summed E-state index contributed by atoms with van der Waals surface area (Å²) in [4.78, 5) is 2.39. The fraction of sp³-hybridized carbons (Fsp3) is 0.600. The smallest absolute Gasteiger partial charge is 0.657 e. The quantitative estimate of drug-likeness (QED) is 0.474. The minimum absolute atomic E-state index is 0. The van der Waals surface area contributed by atoms with E-state index in [1.165, 1.54) is 0 Å². The number of hydrogen-bond donors (Lipinski definition) is 0. The van der Waals surface area contributed by atoms with Crippen molar-refractivity contribution in [2.24, 2.45) is 0 Å². The molecule has 0 spiro atoms. The first kappa shape index (κ1) is 19.4. The van der Waals surface area contributed by atoms with Crippen LogP contribution in [0.15, 0.2) is 18.2 Å². The van der Waals surface area contributed by atoms with E-state index in [1.54, 1.807) is 14.2 Å². The van der Waals surface area contributed by atoms with Crippen LogP contribution in [-0.2, 0) is 11.3 Å². The fourth-order valence-electron chi connectivity index (χ4n) is 2.22. The second-order valence-corrected chi connectivity index (χ2v) is 4.74. The molecule has 1 heterocycles. The Morgan fingerprint density at radius 2 is 1.95 bits per heavy atom. The Morgan fingerprint density at radius 1 is 1.19 bits per heavy atom. The second-order valence-electron chi connectivity index (χ2n) is 4.74. The number of ether oxygens (including phenoxy) is 3. The van der Waals surface area contributed by atoms with Crippen LogP contribution in [0.2, 0.25) is 0 Å². The van der Waals surface area contributed by atoms with Crippen LogP contribution in [0.3, 0.4) is 0 Å². The number of methoxy groups -OCH3 is 2. The molecule has 0 unspecified atom stereocenters. The Morgan fingerprint density at radius 3 is 2.62 bits per heavy atom. The van der Waals surface area contributed by atoms with Gasteiger partial charge in [0, 0.05) is 19.2 Å². The Labute approximate surface area is 169 Å². The monoisotopic (exact) mass is 318 g/mol. The summed E-state index contributed by atoms with van der Waals surface area (Å²) in [7, 11) is 3.33. The molecule has 1 aromatic rings. The summed E-state index contributed by atoms with van der Waals surface area (Å²) in [6.07, 6.45) is 0. The predicted octanol–water partition coefficient (Wildman–Crippen LogP) is -1.09. The number of benzene rings is 1. The molecule has 2 rings (SSSR count). The molecule has 0 radical (unpaired) electrons. The van der Waals surface area contributed by atoms with Crippen LogP contribution < -0.4 is 60.9 Å². The molecule has 0 N–H and O–H groups in total. The number of morpholine rings is 1. The third-order valence-electron chi connectivity index (χ3n) is 3.45. The first-order valence-electron chi connectivity index (χ1n) is 6.97. The molecule has 0 amide bonds. The van der Waals surface area contributed by atoms with Crippen molar-refractivity contribution in [1.82, 2.24) is 4.90 Å². The molecule has 1 aromatic carbocycles. The van der Waals surface area contributed by atoms with Gasteiger partial charge in [0.1, 0.15) is 11.5 Å². The summed E-state index contributed by atoms with van der Waals surface area (Å²) in [5, 5.41) is 4.60. The van der Waals surface area contributed by atoms with Gasteiger partial charge in [-0.15, -0.1) is 13.1 Å². The molecule has 0 atom stereocenters. The van der Waals surface area contributed by atoms with E-state index in [2.05, 4.69) is 10.2 Å². The van der Waals surface area contributed by atoms with Gasteiger partial charge >= 0.3 is 51.4 Å². The van der Waals surface area contributed by atoms with E-state index >= 15 is 0 Å². The van der Waals surface area contributed by atoms with Crippen LogP contribution >= 0.6 is 0 Å². The molecule has 112 valence electrons. The average molecular weight is 318 g/mol. The van der Waals surface area contributed by atoms with Gasteiger partial charge in [-0.2, -0.15) is 0 Å². The summed E-state index contributed by atoms with van der Waals surface area (Å²) in [6, 6.07) is 5.85. The zero-order valence-electron chi connectivity index (χ0n) is 13.3. The zero-order valence-corrected chi connectivity index (χ0v) is 16.4. The SMILES string of the molecule is COc1ccc(C[N-]CCN2CCOCC2)c(OC)c1.[K+]. The van der Waals surface area contributed by atoms with E-state index in [4.69, 9.17) is 14.2 Å². The van der Waals surface area contributed by atoms with E-state index in [0.717, 1.165) is 56.5 Å². The van der Waals surface area contributed by atoms with Gasteiger partial charge in [0.05, 0.1) is 27.4 Å². The largest absolute Gasteiger partial charge is 1.00 e. The van der Waals surface area contributed by atoms with E-state index in [0.29, 0.717) is 6.54 Å². The summed E-state index contributed by atoms with van der Waals surface area (Å²) in [5.74, 6) is 1.64. The minimum Gasteiger partial charge on any atom is -0.657 e. The number of hydrogen-bond acceptors (Lipinski definition) is 4. The number of nitrogens with zero attached hydrogens (tertiary/aromatic N) is 2. The van der Waals surface area contributed by atoms with Crippen LogP contribution in [-0.4, -0.2) is 58.5 Å². The molecular formula is C15H23KN2O3. The Kier molecular flexibility index (Phi) is 10.1. The van der Waals surface area contributed by atoms with E-state index in [1.807, 2.05) is 18.2 Å². The van der Waals surface area contributed by atoms with Gasteiger partial charge in [0.25, 0.3) is 0 Å². The average Bonchev–Trinajstić information content (AvgIpc) is 2.52. The van der Waals surface area contributed by atoms with Crippen LogP contribution in [0, 0.1) is 0 Å². The first-order valence-corrected chi connectivity index (χ1v) is 6.97. The molecule has 0 aromatic heterocycles. The van der Waals surface area contributed by atoms with Crippen molar-refractivity contribution in [3.8, 4) is 11.5 Å². The molecule has 0 bridgehead atoms. The van der Waals surface area contributed by atoms with Crippen molar-refractivity contribution in [3.05, 3.63) is 29.1 Å². The third-order valence-corrected chi connectivity index (χ3v) is 3.45. The zero-order chi connectivity index (χ0) is 14.2. The van der Waals surface area contributed by atoms with Gasteiger partial charge in [-0.25, -0.2) is 0 Å². The fourth-order valence-corrected chi connectivity index (χ4v) is 2.22. The van der Waals surface area contributed by atoms with Crippen LogP contribution in [0.4, 0.5) is 0 Å². The van der Waals surface area contributed by atoms with E-state index in [-0.39, 0.29) is 51.4 Å². The van der Waals surface area contributed by atoms with Crippen molar-refractivity contribution in [1.29, 1.82) is 0 Å². The van der Waals surface area contributed by atoms with E-state index in [9.17, 15) is 0 Å². The molecule has 1 saturated heterocycles. The minimum atomic E-state index is 0. The van der Waals surface area contributed by atoms with Gasteiger partial charge in [-0.05, 0) is 18.2 Å². The topological polar surface area (TPSA) is 45.0 Å². The molecule has 5 nitrogen and oxygen atoms in total. The summed E-state index contributed by atoms with van der Waals surface area (Å²) < 4.78 is 15.9. The molecular weight excluding hydrogens is 295 g/mol. The molecule has 1 aliphatic rings. The van der Waals surface area contributed by atoms with Crippen LogP contribution in [0.5, 0.6) is 11.5 Å². The maximum atomic E-state index is 5.37. The van der Waals surface area contributed by atoms with Crippen molar-refractivity contribution >= 4 is 0 Å². The first-order chi connectivity index (χ1) is 9.83. The van der Waals surface area contributed by atoms with Crippen molar-refractivity contribution in [2.45, 2.75) is 6.54 Å². The molecule has 21 heavy (non-hydrogen) atoms. The summed E-state index contributed by atoms with van der Waals surface area (Å²) in [6.45, 7) is 6.23. The number of rotatable bonds is 7. The van der Waals surface area contributed by atoms with Gasteiger partial charge in [0.2, 0.25) is 0 Å². The van der Waals surface area contributed by atoms with Crippen LogP contribution in [0.25, 0.3) is 5.32 Å². The van der Waals surface area contributed by atoms with Gasteiger partial charge in [-0.3, -0.25) is 0 Å². The second kappa shape index (κ2) is 11.0. The van der Waals surface area contributed by atoms with Gasteiger partial charge in [-0.1, -0.05) is 6.07 Å². The normalized spacial score (nSPS) is 15.3. The standard InChI is InChI=1S/C15H23N2O3.K/c1-18-14-4-3-13(15(11-14)19-2)12-16-5-6-17-7-9-20-10-8-17;/h3-4,11H,5-10,12H2,1-2H3;/q-1;+1. The van der Waals surface area contributed by atoms with Gasteiger partial charge < -0.3 is 24.4 Å². The van der Waals surface area contributed by atoms with Crippen molar-refractivity contribution in [2.75, 3.05) is 53.6 Å². The predicted molar refractivity (Wildman–Crippen MR) is 78.7 cm³/mol. The maximum absolute atomic E-state index is 5.37. The maximum Gasteiger partial charge on any atom is 1.00 e. The van der Waals surface area contributed by atoms with Crippen LogP contribution in [0.1, 0.15) is 5.56 Å². The molecule has 1 fully saturated rings. The molecule has 0 aliphatic carbocycles.